The van der Waals surface area contributed by atoms with Crippen molar-refractivity contribution in [3.05, 3.63) is 40.9 Å². The zero-order valence-corrected chi connectivity index (χ0v) is 18.3. The molecule has 0 unspecified atom stereocenters. The first-order valence-electron chi connectivity index (χ1n) is 10.3. The van der Waals surface area contributed by atoms with E-state index in [9.17, 15) is 9.59 Å². The number of hydrogen-bond acceptors (Lipinski definition) is 4. The van der Waals surface area contributed by atoms with Gasteiger partial charge < -0.3 is 15.1 Å². The van der Waals surface area contributed by atoms with Crippen molar-refractivity contribution in [3.8, 4) is 0 Å². The molecule has 0 bridgehead atoms. The van der Waals surface area contributed by atoms with Crippen LogP contribution in [0.25, 0.3) is 0 Å². The van der Waals surface area contributed by atoms with Crippen LogP contribution in [0.1, 0.15) is 36.5 Å². The van der Waals surface area contributed by atoms with Gasteiger partial charge in [-0.25, -0.2) is 0 Å². The smallest absolute Gasteiger partial charge is 0.254 e. The van der Waals surface area contributed by atoms with Crippen LogP contribution in [0.3, 0.4) is 0 Å². The quantitative estimate of drug-likeness (QED) is 0.721. The number of hydrogen-bond donors (Lipinski definition) is 1. The van der Waals surface area contributed by atoms with E-state index >= 15 is 0 Å². The molecule has 1 aromatic carbocycles. The van der Waals surface area contributed by atoms with Gasteiger partial charge in [0.25, 0.3) is 5.91 Å². The summed E-state index contributed by atoms with van der Waals surface area (Å²) in [6.07, 6.45) is 2.75. The number of carbonyl (C=O) groups is 2. The number of anilines is 1. The van der Waals surface area contributed by atoms with Gasteiger partial charge >= 0.3 is 0 Å². The highest BCUT2D eigenvalue weighted by Crippen LogP contribution is 2.27. The minimum atomic E-state index is -0.0938. The lowest BCUT2D eigenvalue weighted by Crippen LogP contribution is -2.60. The second-order valence-electron chi connectivity index (χ2n) is 8.17. The van der Waals surface area contributed by atoms with Crippen LogP contribution in [0.4, 0.5) is 5.69 Å². The van der Waals surface area contributed by atoms with Crippen LogP contribution in [0.15, 0.2) is 30.4 Å². The third-order valence-electron chi connectivity index (χ3n) is 5.88. The highest BCUT2D eigenvalue weighted by molar-refractivity contribution is 6.34. The van der Waals surface area contributed by atoms with Gasteiger partial charge in [0.1, 0.15) is 0 Å². The largest absolute Gasteiger partial charge is 0.380 e. The molecule has 7 heteroatoms. The molecule has 3 rings (SSSR count). The summed E-state index contributed by atoms with van der Waals surface area (Å²) in [5.74, 6) is 0.0193. The molecule has 1 aromatic rings. The van der Waals surface area contributed by atoms with E-state index in [0.717, 1.165) is 44.7 Å². The molecule has 0 radical (unpaired) electrons. The predicted molar refractivity (Wildman–Crippen MR) is 117 cm³/mol. The Kier molecular flexibility index (Phi) is 6.85. The summed E-state index contributed by atoms with van der Waals surface area (Å²) in [5.41, 5.74) is 2.16. The molecule has 2 heterocycles. The lowest BCUT2D eigenvalue weighted by molar-refractivity contribution is -0.129. The Morgan fingerprint density at radius 2 is 1.90 bits per heavy atom. The molecule has 2 aliphatic heterocycles. The van der Waals surface area contributed by atoms with E-state index in [-0.39, 0.29) is 11.8 Å². The summed E-state index contributed by atoms with van der Waals surface area (Å²) in [6.45, 7) is 9.43. The Bertz CT molecular complexity index is 781. The van der Waals surface area contributed by atoms with Gasteiger partial charge in [0, 0.05) is 57.6 Å². The Balaban J connectivity index is 1.45. The van der Waals surface area contributed by atoms with Gasteiger partial charge in [0.2, 0.25) is 5.91 Å². The molecule has 2 saturated heterocycles. The van der Waals surface area contributed by atoms with Gasteiger partial charge in [-0.1, -0.05) is 25.1 Å². The lowest BCUT2D eigenvalue weighted by atomic mass is 9.96. The molecule has 6 nitrogen and oxygen atoms in total. The second-order valence-corrected chi connectivity index (χ2v) is 8.58. The van der Waals surface area contributed by atoms with Crippen molar-refractivity contribution in [2.24, 2.45) is 0 Å². The number of benzene rings is 1. The maximum Gasteiger partial charge on any atom is 0.254 e. The Labute approximate surface area is 178 Å². The van der Waals surface area contributed by atoms with Crippen molar-refractivity contribution in [2.45, 2.75) is 38.3 Å². The Morgan fingerprint density at radius 1 is 1.24 bits per heavy atom. The molecule has 29 heavy (non-hydrogen) atoms. The minimum Gasteiger partial charge on any atom is -0.380 e. The number of piperidine rings is 1. The zero-order valence-electron chi connectivity index (χ0n) is 17.6. The molecule has 0 aliphatic carbocycles. The number of halogens is 1. The molecule has 0 aromatic heterocycles. The van der Waals surface area contributed by atoms with Crippen molar-refractivity contribution < 1.29 is 9.59 Å². The first-order valence-corrected chi connectivity index (χ1v) is 10.7. The maximum absolute atomic E-state index is 12.2. The summed E-state index contributed by atoms with van der Waals surface area (Å²) in [7, 11) is 3.43. The SMILES string of the molecule is C=C(CC)C(=O)N1CCC(N2CC(Nc3ccc(C(=O)N(C)C)c(Cl)c3)C2)CC1. The van der Waals surface area contributed by atoms with Crippen molar-refractivity contribution in [3.63, 3.8) is 0 Å². The average molecular weight is 419 g/mol. The summed E-state index contributed by atoms with van der Waals surface area (Å²) in [6, 6.07) is 6.43. The van der Waals surface area contributed by atoms with Crippen LogP contribution in [-0.2, 0) is 4.79 Å². The molecule has 2 amide bonds. The molecular weight excluding hydrogens is 388 g/mol. The number of nitrogens with zero attached hydrogens (tertiary/aromatic N) is 3. The van der Waals surface area contributed by atoms with Gasteiger partial charge in [-0.15, -0.1) is 0 Å². The number of carbonyl (C=O) groups excluding carboxylic acids is 2. The van der Waals surface area contributed by atoms with E-state index in [4.69, 9.17) is 11.6 Å². The third kappa shape index (κ3) is 4.93. The highest BCUT2D eigenvalue weighted by atomic mass is 35.5. The molecule has 2 aliphatic rings. The number of rotatable bonds is 6. The fourth-order valence-corrected chi connectivity index (χ4v) is 4.23. The van der Waals surface area contributed by atoms with E-state index in [2.05, 4.69) is 16.8 Å². The van der Waals surface area contributed by atoms with Crippen molar-refractivity contribution in [2.75, 3.05) is 45.6 Å². The van der Waals surface area contributed by atoms with Crippen molar-refractivity contribution >= 4 is 29.1 Å². The van der Waals surface area contributed by atoms with Gasteiger partial charge in [-0.05, 0) is 37.5 Å². The van der Waals surface area contributed by atoms with E-state index < -0.39 is 0 Å². The molecule has 0 spiro atoms. The van der Waals surface area contributed by atoms with Gasteiger partial charge in [-0.3, -0.25) is 14.5 Å². The summed E-state index contributed by atoms with van der Waals surface area (Å²) in [4.78, 5) is 30.3. The first kappa shape index (κ1) is 21.7. The fraction of sp³-hybridized carbons (Fsp3) is 0.545. The molecule has 2 fully saturated rings. The molecular formula is C22H31ClN4O2. The molecule has 158 valence electrons. The molecule has 1 N–H and O–H groups in total. The van der Waals surface area contributed by atoms with E-state index in [1.165, 1.54) is 4.90 Å². The predicted octanol–water partition coefficient (Wildman–Crippen LogP) is 3.10. The monoisotopic (exact) mass is 418 g/mol. The van der Waals surface area contributed by atoms with E-state index in [0.29, 0.717) is 34.7 Å². The highest BCUT2D eigenvalue weighted by Gasteiger charge is 2.35. The van der Waals surface area contributed by atoms with E-state index in [1.807, 2.05) is 24.0 Å². The average Bonchev–Trinajstić information content (AvgIpc) is 2.69. The van der Waals surface area contributed by atoms with Crippen LogP contribution >= 0.6 is 11.6 Å². The Morgan fingerprint density at radius 3 is 2.45 bits per heavy atom. The normalized spacial score (nSPS) is 18.3. The third-order valence-corrected chi connectivity index (χ3v) is 6.20. The maximum atomic E-state index is 12.2. The van der Waals surface area contributed by atoms with Gasteiger partial charge in [-0.2, -0.15) is 0 Å². The number of likely N-dealkylation sites (tertiary alicyclic amines) is 2. The van der Waals surface area contributed by atoms with Crippen molar-refractivity contribution in [1.29, 1.82) is 0 Å². The van der Waals surface area contributed by atoms with E-state index in [1.54, 1.807) is 20.2 Å². The summed E-state index contributed by atoms with van der Waals surface area (Å²) in [5, 5.41) is 3.97. The number of amides is 2. The topological polar surface area (TPSA) is 55.9 Å². The Hall–Kier alpha value is -2.05. The van der Waals surface area contributed by atoms with Crippen LogP contribution in [-0.4, -0.2) is 78.9 Å². The second kappa shape index (κ2) is 9.18. The zero-order chi connectivity index (χ0) is 21.1. The molecule has 0 saturated carbocycles. The van der Waals surface area contributed by atoms with Crippen molar-refractivity contribution in [1.82, 2.24) is 14.7 Å². The minimum absolute atomic E-state index is 0.0938. The van der Waals surface area contributed by atoms with Gasteiger partial charge in [0.15, 0.2) is 0 Å². The van der Waals surface area contributed by atoms with Gasteiger partial charge in [0.05, 0.1) is 16.6 Å². The summed E-state index contributed by atoms with van der Waals surface area (Å²) < 4.78 is 0. The number of nitrogens with one attached hydrogen (secondary N) is 1. The first-order chi connectivity index (χ1) is 13.8. The van der Waals surface area contributed by atoms with Crippen LogP contribution < -0.4 is 5.32 Å². The van der Waals surface area contributed by atoms with Crippen LogP contribution in [0, 0.1) is 0 Å². The molecule has 0 atom stereocenters. The lowest BCUT2D eigenvalue weighted by Gasteiger charge is -2.47. The van der Waals surface area contributed by atoms with Crippen LogP contribution in [0.5, 0.6) is 0 Å². The van der Waals surface area contributed by atoms with Crippen LogP contribution in [0.2, 0.25) is 5.02 Å². The fourth-order valence-electron chi connectivity index (χ4n) is 3.97. The summed E-state index contributed by atoms with van der Waals surface area (Å²) >= 11 is 6.30. The standard InChI is InChI=1S/C22H31ClN4O2/c1-5-15(2)21(28)26-10-8-18(9-11-26)27-13-17(14-27)24-16-6-7-19(20(23)12-16)22(29)25(3)4/h6-7,12,17-18,24H,2,5,8-11,13-14H2,1,3-4H3.